The van der Waals surface area contributed by atoms with Gasteiger partial charge in [0.1, 0.15) is 35.5 Å². The van der Waals surface area contributed by atoms with Gasteiger partial charge in [-0.15, -0.1) is 0 Å². The number of aliphatic imine (C=N–C) groups is 1. The number of benzene rings is 1. The number of pyridine rings is 1. The Labute approximate surface area is 254 Å². The Morgan fingerprint density at radius 2 is 2.02 bits per heavy atom. The number of piperazine rings is 1. The number of amidine groups is 1. The molecule has 2 unspecified atom stereocenters. The number of halogens is 2. The van der Waals surface area contributed by atoms with E-state index in [9.17, 15) is 9.59 Å². The number of aromatic nitrogens is 3. The molecule has 43 heavy (non-hydrogen) atoms. The molecule has 0 aliphatic carbocycles. The van der Waals surface area contributed by atoms with Crippen LogP contribution in [0.2, 0.25) is 5.02 Å². The summed E-state index contributed by atoms with van der Waals surface area (Å²) in [6, 6.07) is 6.01. The van der Waals surface area contributed by atoms with Gasteiger partial charge >= 0.3 is 0 Å². The largest absolute Gasteiger partial charge is 0.484 e. The van der Waals surface area contributed by atoms with Crippen molar-refractivity contribution in [1.29, 1.82) is 0 Å². The molecule has 2 bridgehead atoms. The first-order valence-corrected chi connectivity index (χ1v) is 14.4. The minimum absolute atomic E-state index is 0.0690. The molecule has 0 radical (unpaired) electrons. The highest BCUT2D eigenvalue weighted by Crippen LogP contribution is 2.45. The number of carbonyl (C=O) groups is 2. The van der Waals surface area contributed by atoms with Gasteiger partial charge in [0.05, 0.1) is 33.2 Å². The van der Waals surface area contributed by atoms with Crippen LogP contribution in [0.25, 0.3) is 11.3 Å². The molecule has 5 rings (SSSR count). The lowest BCUT2D eigenvalue weighted by Gasteiger charge is -2.41. The molecule has 1 aromatic carbocycles. The van der Waals surface area contributed by atoms with E-state index in [0.717, 1.165) is 0 Å². The fourth-order valence-corrected chi connectivity index (χ4v) is 5.91. The molecule has 2 atom stereocenters. The maximum atomic E-state index is 15.5. The number of fused-ring (bicyclic) bond motifs is 5. The van der Waals surface area contributed by atoms with Crippen LogP contribution in [0, 0.1) is 5.82 Å². The zero-order valence-electron chi connectivity index (χ0n) is 24.7. The summed E-state index contributed by atoms with van der Waals surface area (Å²) in [5, 5.41) is 0.149. The number of hydrogen-bond acceptors (Lipinski definition) is 7. The van der Waals surface area contributed by atoms with Crippen LogP contribution in [-0.2, 0) is 9.59 Å². The smallest absolute Gasteiger partial charge is 0.246 e. The van der Waals surface area contributed by atoms with E-state index < -0.39 is 11.9 Å². The summed E-state index contributed by atoms with van der Waals surface area (Å²) >= 11 is 6.87. The second-order valence-corrected chi connectivity index (χ2v) is 11.2. The van der Waals surface area contributed by atoms with E-state index in [4.69, 9.17) is 21.3 Å². The number of hydrogen-bond donors (Lipinski definition) is 0. The summed E-state index contributed by atoms with van der Waals surface area (Å²) in [5.74, 6) is 0.116. The molecule has 0 saturated carbocycles. The van der Waals surface area contributed by atoms with Crippen molar-refractivity contribution in [2.75, 3.05) is 31.6 Å². The third kappa shape index (κ3) is 5.33. The van der Waals surface area contributed by atoms with Gasteiger partial charge in [-0.2, -0.15) is 0 Å². The number of carbonyl (C=O) groups excluding carboxylic acids is 2. The monoisotopic (exact) mass is 605 g/mol. The molecule has 2 aliphatic rings. The second-order valence-electron chi connectivity index (χ2n) is 10.8. The molecular formula is C31H33ClFN7O3. The van der Waals surface area contributed by atoms with Gasteiger partial charge in [0, 0.05) is 32.7 Å². The Morgan fingerprint density at radius 1 is 1.26 bits per heavy atom. The maximum Gasteiger partial charge on any atom is 0.246 e. The number of rotatable bonds is 4. The predicted octanol–water partition coefficient (Wildman–Crippen LogP) is 5.30. The standard InChI is InChI=1S/C31H33ClFN7O3/c1-7-24(42)38-11-12-39(18(4)14-38)30(34-6)20-13-21(32)28-25-22(33)9-8-10-23(25)43-19(5)27-29(40(16-41)31(20)37-28)26(17(2)3)35-15-36-27/h7-10,13,15-19H,1,11-12,14H2,2-6H3. The van der Waals surface area contributed by atoms with E-state index in [1.54, 1.807) is 37.1 Å². The molecule has 2 aromatic heterocycles. The van der Waals surface area contributed by atoms with Gasteiger partial charge in [-0.1, -0.05) is 38.1 Å². The summed E-state index contributed by atoms with van der Waals surface area (Å²) in [7, 11) is 1.64. The molecular weight excluding hydrogens is 573 g/mol. The van der Waals surface area contributed by atoms with Gasteiger partial charge in [-0.25, -0.2) is 19.3 Å². The number of ether oxygens (including phenoxy) is 1. The first-order valence-electron chi connectivity index (χ1n) is 14.0. The van der Waals surface area contributed by atoms with Crippen molar-refractivity contribution < 1.29 is 18.7 Å². The molecule has 3 aromatic rings. The van der Waals surface area contributed by atoms with Crippen molar-refractivity contribution in [3.8, 4) is 17.0 Å². The third-order valence-corrected chi connectivity index (χ3v) is 7.98. The van der Waals surface area contributed by atoms with Gasteiger partial charge in [-0.3, -0.25) is 19.5 Å². The van der Waals surface area contributed by atoms with E-state index >= 15 is 4.39 Å². The Kier molecular flexibility index (Phi) is 8.45. The highest BCUT2D eigenvalue weighted by atomic mass is 35.5. The van der Waals surface area contributed by atoms with Crippen LogP contribution >= 0.6 is 11.6 Å². The molecule has 224 valence electrons. The fraction of sp³-hybridized carbons (Fsp3) is 0.355. The van der Waals surface area contributed by atoms with E-state index in [0.29, 0.717) is 54.5 Å². The maximum absolute atomic E-state index is 15.5. The molecule has 2 aliphatic heterocycles. The number of anilines is 2. The van der Waals surface area contributed by atoms with Crippen LogP contribution in [-0.4, -0.2) is 75.6 Å². The molecule has 2 amide bonds. The second kappa shape index (κ2) is 12.1. The summed E-state index contributed by atoms with van der Waals surface area (Å²) < 4.78 is 21.8. The Balaban J connectivity index is 1.79. The fourth-order valence-electron chi connectivity index (χ4n) is 5.67. The highest BCUT2D eigenvalue weighted by Gasteiger charge is 2.35. The Bertz CT molecular complexity index is 1630. The summed E-state index contributed by atoms with van der Waals surface area (Å²) in [4.78, 5) is 49.1. The van der Waals surface area contributed by atoms with Crippen molar-refractivity contribution in [3.05, 3.63) is 71.0 Å². The summed E-state index contributed by atoms with van der Waals surface area (Å²) in [6.45, 7) is 12.7. The third-order valence-electron chi connectivity index (χ3n) is 7.70. The van der Waals surface area contributed by atoms with Crippen LogP contribution in [0.15, 0.2) is 48.2 Å². The van der Waals surface area contributed by atoms with E-state index in [2.05, 4.69) is 21.5 Å². The van der Waals surface area contributed by atoms with Crippen molar-refractivity contribution in [3.63, 3.8) is 0 Å². The summed E-state index contributed by atoms with van der Waals surface area (Å²) in [5.41, 5.74) is 2.11. The number of nitrogens with zero attached hydrogens (tertiary/aromatic N) is 7. The molecule has 1 fully saturated rings. The lowest BCUT2D eigenvalue weighted by atomic mass is 10.0. The summed E-state index contributed by atoms with van der Waals surface area (Å²) in [6.07, 6.45) is 2.68. The quantitative estimate of drug-likeness (QED) is 0.172. The Hall–Kier alpha value is -4.38. The van der Waals surface area contributed by atoms with E-state index in [-0.39, 0.29) is 45.7 Å². The lowest BCUT2D eigenvalue weighted by Crippen LogP contribution is -2.55. The minimum Gasteiger partial charge on any atom is -0.484 e. The molecule has 12 heteroatoms. The molecule has 0 spiro atoms. The topological polar surface area (TPSA) is 104 Å². The van der Waals surface area contributed by atoms with Crippen molar-refractivity contribution >= 4 is 41.3 Å². The van der Waals surface area contributed by atoms with Gasteiger partial charge in [0.15, 0.2) is 5.82 Å². The average molecular weight is 606 g/mol. The predicted molar refractivity (Wildman–Crippen MR) is 163 cm³/mol. The normalized spacial score (nSPS) is 18.5. The number of amides is 2. The van der Waals surface area contributed by atoms with Crippen LogP contribution in [0.1, 0.15) is 56.7 Å². The molecule has 4 heterocycles. The molecule has 0 N–H and O–H groups in total. The van der Waals surface area contributed by atoms with Crippen molar-refractivity contribution in [2.24, 2.45) is 4.99 Å². The first-order chi connectivity index (χ1) is 20.6. The van der Waals surface area contributed by atoms with Crippen LogP contribution in [0.3, 0.4) is 0 Å². The zero-order valence-corrected chi connectivity index (χ0v) is 25.5. The van der Waals surface area contributed by atoms with Crippen LogP contribution in [0.5, 0.6) is 5.75 Å². The minimum atomic E-state index is -0.695. The first kappa shape index (κ1) is 30.1. The van der Waals surface area contributed by atoms with E-state index in [1.165, 1.54) is 23.4 Å². The SMILES string of the molecule is C=CC(=O)N1CCN(C(=NC)c2cc(Cl)c3nc2N(C=O)c2c(C(C)C)ncnc2C(C)Oc2cccc(F)c2-3)C(C)C1. The van der Waals surface area contributed by atoms with E-state index in [1.807, 2.05) is 25.7 Å². The molecule has 10 nitrogen and oxygen atoms in total. The lowest BCUT2D eigenvalue weighted by molar-refractivity contribution is -0.128. The molecule has 1 saturated heterocycles. The van der Waals surface area contributed by atoms with Crippen LogP contribution in [0.4, 0.5) is 15.9 Å². The van der Waals surface area contributed by atoms with Gasteiger partial charge in [0.2, 0.25) is 12.3 Å². The highest BCUT2D eigenvalue weighted by molar-refractivity contribution is 6.33. The zero-order chi connectivity index (χ0) is 31.0. The van der Waals surface area contributed by atoms with Crippen molar-refractivity contribution in [2.45, 2.75) is 45.8 Å². The average Bonchev–Trinajstić information content (AvgIpc) is 2.99. The van der Waals surface area contributed by atoms with Gasteiger partial charge < -0.3 is 14.5 Å². The Morgan fingerprint density at radius 3 is 2.67 bits per heavy atom. The van der Waals surface area contributed by atoms with Crippen LogP contribution < -0.4 is 9.64 Å². The van der Waals surface area contributed by atoms with Gasteiger partial charge in [0.25, 0.3) is 0 Å². The van der Waals surface area contributed by atoms with Gasteiger partial charge in [-0.05, 0) is 44.0 Å². The van der Waals surface area contributed by atoms with Crippen molar-refractivity contribution in [1.82, 2.24) is 24.8 Å².